The summed E-state index contributed by atoms with van der Waals surface area (Å²) in [6.45, 7) is 2.03. The number of hydrogen-bond acceptors (Lipinski definition) is 4. The first-order chi connectivity index (χ1) is 17.0. The molecule has 0 saturated carbocycles. The van der Waals surface area contributed by atoms with Crippen LogP contribution in [0.4, 0.5) is 11.5 Å². The highest BCUT2D eigenvalue weighted by atomic mass is 16.2. The van der Waals surface area contributed by atoms with Crippen molar-refractivity contribution in [1.29, 1.82) is 0 Å². The third-order valence-corrected chi connectivity index (χ3v) is 6.24. The Balaban J connectivity index is 1.43. The third-order valence-electron chi connectivity index (χ3n) is 6.24. The molecule has 1 aromatic heterocycles. The molecule has 5 rings (SSSR count). The fourth-order valence-corrected chi connectivity index (χ4v) is 4.54. The van der Waals surface area contributed by atoms with E-state index < -0.39 is 6.17 Å². The van der Waals surface area contributed by atoms with Crippen LogP contribution >= 0.6 is 0 Å². The summed E-state index contributed by atoms with van der Waals surface area (Å²) in [4.78, 5) is 32.9. The number of nitrogens with two attached hydrogens (primary N) is 1. The van der Waals surface area contributed by atoms with Crippen LogP contribution in [0, 0.1) is 6.92 Å². The van der Waals surface area contributed by atoms with Gasteiger partial charge in [-0.05, 0) is 47.9 Å². The molecule has 1 atom stereocenters. The molecule has 1 unspecified atom stereocenters. The van der Waals surface area contributed by atoms with Crippen molar-refractivity contribution >= 4 is 23.3 Å². The zero-order valence-corrected chi connectivity index (χ0v) is 19.4. The molecule has 3 aromatic carbocycles. The van der Waals surface area contributed by atoms with Gasteiger partial charge in [0.2, 0.25) is 5.91 Å². The Morgan fingerprint density at radius 2 is 1.69 bits per heavy atom. The number of para-hydroxylation sites is 1. The second-order valence-corrected chi connectivity index (χ2v) is 8.73. The summed E-state index contributed by atoms with van der Waals surface area (Å²) in [5, 5.41) is 3.11. The van der Waals surface area contributed by atoms with E-state index in [1.807, 2.05) is 79.7 Å². The summed E-state index contributed by atoms with van der Waals surface area (Å²) in [7, 11) is 0. The summed E-state index contributed by atoms with van der Waals surface area (Å²) in [5.74, 6) is -0.00119. The first kappa shape index (κ1) is 22.3. The summed E-state index contributed by atoms with van der Waals surface area (Å²) in [6.07, 6.45) is 0.121. The van der Waals surface area contributed by atoms with E-state index in [9.17, 15) is 9.59 Å². The molecule has 6 heteroatoms. The summed E-state index contributed by atoms with van der Waals surface area (Å²) in [5.41, 5.74) is 11.7. The monoisotopic (exact) mass is 462 g/mol. The molecule has 1 aliphatic heterocycles. The number of nitrogens with one attached hydrogen (secondary N) is 1. The first-order valence-electron chi connectivity index (χ1n) is 11.6. The van der Waals surface area contributed by atoms with Gasteiger partial charge in [-0.3, -0.25) is 14.5 Å². The minimum Gasteiger partial charge on any atom is -0.384 e. The first-order valence-corrected chi connectivity index (χ1v) is 11.6. The minimum absolute atomic E-state index is 0.0890. The number of anilines is 2. The van der Waals surface area contributed by atoms with Crippen LogP contribution in [0.25, 0.3) is 11.1 Å². The van der Waals surface area contributed by atoms with Gasteiger partial charge in [-0.2, -0.15) is 0 Å². The number of nitrogen functional groups attached to an aromatic ring is 1. The minimum atomic E-state index is -0.500. The molecule has 6 nitrogen and oxygen atoms in total. The number of carbonyl (C=O) groups excluding carboxylic acids is 2. The van der Waals surface area contributed by atoms with Crippen molar-refractivity contribution in [3.8, 4) is 11.1 Å². The number of pyridine rings is 1. The predicted molar refractivity (Wildman–Crippen MR) is 138 cm³/mol. The average Bonchev–Trinajstić information content (AvgIpc) is 3.22. The summed E-state index contributed by atoms with van der Waals surface area (Å²) < 4.78 is 0. The fourth-order valence-electron chi connectivity index (χ4n) is 4.54. The fraction of sp³-hybridized carbons (Fsp3) is 0.138. The quantitative estimate of drug-likeness (QED) is 0.456. The maximum absolute atomic E-state index is 13.5. The van der Waals surface area contributed by atoms with Crippen molar-refractivity contribution < 1.29 is 9.59 Å². The lowest BCUT2D eigenvalue weighted by Crippen LogP contribution is -2.50. The zero-order chi connectivity index (χ0) is 24.4. The van der Waals surface area contributed by atoms with Crippen LogP contribution in [-0.2, 0) is 17.6 Å². The average molecular weight is 463 g/mol. The van der Waals surface area contributed by atoms with Crippen LogP contribution in [0.3, 0.4) is 0 Å². The van der Waals surface area contributed by atoms with E-state index in [2.05, 4.69) is 10.3 Å². The highest BCUT2D eigenvalue weighted by molar-refractivity contribution is 6.03. The number of hydrogen-bond donors (Lipinski definition) is 2. The summed E-state index contributed by atoms with van der Waals surface area (Å²) >= 11 is 0. The van der Waals surface area contributed by atoms with Crippen LogP contribution in [0.15, 0.2) is 91.0 Å². The molecule has 3 N–H and O–H groups in total. The Morgan fingerprint density at radius 3 is 2.49 bits per heavy atom. The van der Waals surface area contributed by atoms with E-state index in [1.54, 1.807) is 23.1 Å². The molecule has 0 saturated heterocycles. The van der Waals surface area contributed by atoms with Crippen LogP contribution in [0.1, 0.15) is 27.2 Å². The maximum atomic E-state index is 13.5. The van der Waals surface area contributed by atoms with Crippen molar-refractivity contribution in [2.24, 2.45) is 0 Å². The number of carbonyl (C=O) groups is 2. The molecule has 4 aromatic rings. The normalized spacial score (nSPS) is 14.4. The highest BCUT2D eigenvalue weighted by Crippen LogP contribution is 2.32. The van der Waals surface area contributed by atoms with E-state index >= 15 is 0 Å². The lowest BCUT2D eigenvalue weighted by Gasteiger charge is -2.27. The van der Waals surface area contributed by atoms with Crippen molar-refractivity contribution in [2.75, 3.05) is 10.6 Å². The van der Waals surface area contributed by atoms with Crippen molar-refractivity contribution in [1.82, 2.24) is 10.3 Å². The van der Waals surface area contributed by atoms with Crippen molar-refractivity contribution in [2.45, 2.75) is 25.9 Å². The molecule has 0 fully saturated rings. The number of amides is 2. The second-order valence-electron chi connectivity index (χ2n) is 8.73. The summed E-state index contributed by atoms with van der Waals surface area (Å²) in [6, 6.07) is 28.6. The number of fused-ring (bicyclic) bond motifs is 1. The van der Waals surface area contributed by atoms with Gasteiger partial charge in [0.1, 0.15) is 12.0 Å². The van der Waals surface area contributed by atoms with Gasteiger partial charge < -0.3 is 11.1 Å². The topological polar surface area (TPSA) is 88.3 Å². The molecule has 2 heterocycles. The lowest BCUT2D eigenvalue weighted by molar-refractivity contribution is -0.118. The van der Waals surface area contributed by atoms with E-state index in [0.29, 0.717) is 23.5 Å². The van der Waals surface area contributed by atoms with E-state index in [1.165, 1.54) is 0 Å². The van der Waals surface area contributed by atoms with Crippen LogP contribution in [0.5, 0.6) is 0 Å². The molecule has 35 heavy (non-hydrogen) atoms. The predicted octanol–water partition coefficient (Wildman–Crippen LogP) is 4.53. The largest absolute Gasteiger partial charge is 0.384 e. The number of benzene rings is 3. The van der Waals surface area contributed by atoms with Crippen molar-refractivity contribution in [3.05, 3.63) is 113 Å². The molecule has 2 amide bonds. The number of aryl methyl sites for hydroxylation is 1. The van der Waals surface area contributed by atoms with Crippen LogP contribution < -0.4 is 16.0 Å². The van der Waals surface area contributed by atoms with E-state index in [0.717, 1.165) is 27.9 Å². The SMILES string of the molecule is Cc1ccc(-c2ccccc2C(=O)NC2Cc3ccccc3N2C(=O)Cc2cccc(N)n2)cc1. The Hall–Kier alpha value is -4.45. The van der Waals surface area contributed by atoms with Gasteiger partial charge >= 0.3 is 0 Å². The van der Waals surface area contributed by atoms with Crippen LogP contribution in [-0.4, -0.2) is 23.0 Å². The van der Waals surface area contributed by atoms with Gasteiger partial charge in [0, 0.05) is 17.7 Å². The molecule has 0 radical (unpaired) electrons. The second kappa shape index (κ2) is 9.43. The molecule has 0 spiro atoms. The van der Waals surface area contributed by atoms with Crippen LogP contribution in [0.2, 0.25) is 0 Å². The molecule has 1 aliphatic rings. The maximum Gasteiger partial charge on any atom is 0.253 e. The standard InChI is InChI=1S/C29H26N4O2/c1-19-13-15-20(16-14-19)23-9-3-4-10-24(23)29(35)32-27-17-21-7-2-5-11-25(21)33(27)28(34)18-22-8-6-12-26(30)31-22/h2-16,27H,17-18H2,1H3,(H2,30,31)(H,32,35). The lowest BCUT2D eigenvalue weighted by atomic mass is 9.98. The zero-order valence-electron chi connectivity index (χ0n) is 19.4. The van der Waals surface area contributed by atoms with E-state index in [4.69, 9.17) is 5.73 Å². The van der Waals surface area contributed by atoms with Crippen molar-refractivity contribution in [3.63, 3.8) is 0 Å². The molecule has 174 valence electrons. The Kier molecular flexibility index (Phi) is 6.02. The number of nitrogens with zero attached hydrogens (tertiary/aromatic N) is 2. The molecular weight excluding hydrogens is 436 g/mol. The van der Waals surface area contributed by atoms with Gasteiger partial charge in [-0.15, -0.1) is 0 Å². The highest BCUT2D eigenvalue weighted by Gasteiger charge is 2.35. The Bertz CT molecular complexity index is 1400. The molecular formula is C29H26N4O2. The number of aromatic nitrogens is 1. The molecule has 0 aliphatic carbocycles. The number of rotatable bonds is 5. The third kappa shape index (κ3) is 4.64. The van der Waals surface area contributed by atoms with Gasteiger partial charge in [0.25, 0.3) is 5.91 Å². The molecule has 0 bridgehead atoms. The van der Waals surface area contributed by atoms with E-state index in [-0.39, 0.29) is 18.2 Å². The smallest absolute Gasteiger partial charge is 0.253 e. The van der Waals surface area contributed by atoms with Gasteiger partial charge in [-0.25, -0.2) is 4.98 Å². The Labute approximate surface area is 204 Å². The Morgan fingerprint density at radius 1 is 0.943 bits per heavy atom. The van der Waals surface area contributed by atoms with Gasteiger partial charge in [0.05, 0.1) is 12.1 Å². The van der Waals surface area contributed by atoms with Gasteiger partial charge in [-0.1, -0.05) is 72.3 Å². The van der Waals surface area contributed by atoms with Gasteiger partial charge in [0.15, 0.2) is 0 Å².